The molecule has 0 N–H and O–H groups in total. The molecular formula is C16H18. The van der Waals surface area contributed by atoms with E-state index in [9.17, 15) is 0 Å². The van der Waals surface area contributed by atoms with E-state index in [4.69, 9.17) is 0 Å². The molecule has 0 fully saturated rings. The Morgan fingerprint density at radius 2 is 1.81 bits per heavy atom. The van der Waals surface area contributed by atoms with E-state index in [1.54, 1.807) is 0 Å². The molecule has 0 saturated heterocycles. The molecule has 0 saturated carbocycles. The van der Waals surface area contributed by atoms with Gasteiger partial charge in [0.05, 0.1) is 0 Å². The van der Waals surface area contributed by atoms with Crippen LogP contribution in [0.3, 0.4) is 0 Å². The Kier molecular flexibility index (Phi) is 3.76. The van der Waals surface area contributed by atoms with Gasteiger partial charge in [0.25, 0.3) is 0 Å². The summed E-state index contributed by atoms with van der Waals surface area (Å²) in [5.41, 5.74) is 2.65. The Hall–Kier alpha value is -1.56. The number of rotatable bonds is 3. The minimum absolute atomic E-state index is 0.545. The second-order valence-electron chi connectivity index (χ2n) is 4.20. The van der Waals surface area contributed by atoms with Crippen molar-refractivity contribution in [3.63, 3.8) is 0 Å². The summed E-state index contributed by atoms with van der Waals surface area (Å²) in [6, 6.07) is 8.50. The third-order valence-corrected chi connectivity index (χ3v) is 3.00. The van der Waals surface area contributed by atoms with E-state index < -0.39 is 0 Å². The van der Waals surface area contributed by atoms with Crippen molar-refractivity contribution in [3.8, 4) is 0 Å². The van der Waals surface area contributed by atoms with Gasteiger partial charge in [-0.2, -0.15) is 0 Å². The third-order valence-electron chi connectivity index (χ3n) is 3.00. The van der Waals surface area contributed by atoms with E-state index in [-0.39, 0.29) is 0 Å². The molecule has 2 rings (SSSR count). The first kappa shape index (κ1) is 10.9. The second kappa shape index (κ2) is 5.50. The quantitative estimate of drug-likeness (QED) is 0.649. The fourth-order valence-corrected chi connectivity index (χ4v) is 2.11. The lowest BCUT2D eigenvalue weighted by Crippen LogP contribution is -1.99. The van der Waals surface area contributed by atoms with Crippen LogP contribution in [0.15, 0.2) is 55.1 Å². The van der Waals surface area contributed by atoms with E-state index in [1.165, 1.54) is 24.0 Å². The molecular weight excluding hydrogens is 192 g/mol. The zero-order valence-corrected chi connectivity index (χ0v) is 9.60. The fraction of sp³-hybridized carbons (Fsp3) is 0.250. The van der Waals surface area contributed by atoms with Gasteiger partial charge in [0, 0.05) is 0 Å². The molecule has 0 aromatic heterocycles. The van der Waals surface area contributed by atoms with Gasteiger partial charge < -0.3 is 0 Å². The van der Waals surface area contributed by atoms with Crippen LogP contribution < -0.4 is 0 Å². The molecule has 0 heteroatoms. The zero-order chi connectivity index (χ0) is 11.2. The largest absolute Gasteiger partial charge is 0.0985 e. The summed E-state index contributed by atoms with van der Waals surface area (Å²) < 4.78 is 0. The Bertz CT molecular complexity index is 396. The van der Waals surface area contributed by atoms with Gasteiger partial charge in [-0.3, -0.25) is 0 Å². The van der Waals surface area contributed by atoms with Crippen LogP contribution in [0.5, 0.6) is 0 Å². The van der Waals surface area contributed by atoms with E-state index in [2.05, 4.69) is 55.1 Å². The lowest BCUT2D eigenvalue weighted by molar-refractivity contribution is 0.804. The van der Waals surface area contributed by atoms with Crippen LogP contribution in [0.4, 0.5) is 0 Å². The molecule has 0 unspecified atom stereocenters. The van der Waals surface area contributed by atoms with Crippen molar-refractivity contribution in [3.05, 3.63) is 66.3 Å². The first-order valence-electron chi connectivity index (χ1n) is 5.94. The van der Waals surface area contributed by atoms with Gasteiger partial charge >= 0.3 is 0 Å². The van der Waals surface area contributed by atoms with Crippen molar-refractivity contribution in [1.29, 1.82) is 0 Å². The Morgan fingerprint density at radius 3 is 2.50 bits per heavy atom. The van der Waals surface area contributed by atoms with Gasteiger partial charge in [0.2, 0.25) is 0 Å². The molecule has 0 bridgehead atoms. The SMILES string of the molecule is C=Cc1ccccc1CC1C=CCCC=C1. The maximum absolute atomic E-state index is 3.87. The number of hydrogen-bond donors (Lipinski definition) is 0. The monoisotopic (exact) mass is 210 g/mol. The predicted molar refractivity (Wildman–Crippen MR) is 71.2 cm³/mol. The molecule has 0 amide bonds. The van der Waals surface area contributed by atoms with Crippen molar-refractivity contribution >= 4 is 6.08 Å². The van der Waals surface area contributed by atoms with Gasteiger partial charge in [-0.15, -0.1) is 0 Å². The van der Waals surface area contributed by atoms with Gasteiger partial charge in [-0.25, -0.2) is 0 Å². The average molecular weight is 210 g/mol. The highest BCUT2D eigenvalue weighted by Gasteiger charge is 2.06. The van der Waals surface area contributed by atoms with E-state index in [1.807, 2.05) is 6.08 Å². The molecule has 0 aliphatic heterocycles. The first-order valence-corrected chi connectivity index (χ1v) is 5.94. The van der Waals surface area contributed by atoms with Gasteiger partial charge in [0.15, 0.2) is 0 Å². The van der Waals surface area contributed by atoms with E-state index in [0.717, 1.165) is 6.42 Å². The van der Waals surface area contributed by atoms with Crippen LogP contribution in [-0.4, -0.2) is 0 Å². The topological polar surface area (TPSA) is 0 Å². The molecule has 1 aromatic rings. The summed E-state index contributed by atoms with van der Waals surface area (Å²) in [6.07, 6.45) is 14.6. The summed E-state index contributed by atoms with van der Waals surface area (Å²) in [6.45, 7) is 3.87. The number of benzene rings is 1. The van der Waals surface area contributed by atoms with Crippen LogP contribution in [0.1, 0.15) is 24.0 Å². The lowest BCUT2D eigenvalue weighted by Gasteiger charge is -2.10. The molecule has 0 heterocycles. The maximum atomic E-state index is 3.87. The van der Waals surface area contributed by atoms with Gasteiger partial charge in [-0.1, -0.05) is 61.2 Å². The van der Waals surface area contributed by atoms with Crippen LogP contribution in [-0.2, 0) is 6.42 Å². The third kappa shape index (κ3) is 2.73. The molecule has 1 aromatic carbocycles. The standard InChI is InChI=1S/C16H18/c1-2-15-11-7-8-12-16(15)13-14-9-5-3-4-6-10-14/h2,5-12,14H,1,3-4,13H2. The molecule has 1 aliphatic rings. The Balaban J connectivity index is 2.16. The molecule has 0 radical (unpaired) electrons. The van der Waals surface area contributed by atoms with Crippen molar-refractivity contribution < 1.29 is 0 Å². The molecule has 1 aliphatic carbocycles. The molecule has 0 spiro atoms. The van der Waals surface area contributed by atoms with Crippen molar-refractivity contribution in [2.75, 3.05) is 0 Å². The van der Waals surface area contributed by atoms with E-state index in [0.29, 0.717) is 5.92 Å². The molecule has 0 nitrogen and oxygen atoms in total. The van der Waals surface area contributed by atoms with Crippen LogP contribution in [0.25, 0.3) is 6.08 Å². The molecule has 16 heavy (non-hydrogen) atoms. The Labute approximate surface area is 98.0 Å². The first-order chi connectivity index (χ1) is 7.90. The maximum Gasteiger partial charge on any atom is -0.00129 e. The summed E-state index contributed by atoms with van der Waals surface area (Å²) >= 11 is 0. The lowest BCUT2D eigenvalue weighted by atomic mass is 9.95. The van der Waals surface area contributed by atoms with Gasteiger partial charge in [0.1, 0.15) is 0 Å². The molecule has 82 valence electrons. The summed E-state index contributed by atoms with van der Waals surface area (Å²) in [5, 5.41) is 0. The van der Waals surface area contributed by atoms with Crippen molar-refractivity contribution in [1.82, 2.24) is 0 Å². The second-order valence-corrected chi connectivity index (χ2v) is 4.20. The van der Waals surface area contributed by atoms with Crippen LogP contribution in [0.2, 0.25) is 0 Å². The smallest absolute Gasteiger partial charge is 0.00129 e. The number of allylic oxidation sites excluding steroid dienone is 4. The Morgan fingerprint density at radius 1 is 1.12 bits per heavy atom. The zero-order valence-electron chi connectivity index (χ0n) is 9.60. The summed E-state index contributed by atoms with van der Waals surface area (Å²) in [7, 11) is 0. The number of hydrogen-bond acceptors (Lipinski definition) is 0. The minimum Gasteiger partial charge on any atom is -0.0985 e. The van der Waals surface area contributed by atoms with E-state index >= 15 is 0 Å². The highest BCUT2D eigenvalue weighted by molar-refractivity contribution is 5.52. The predicted octanol–water partition coefficient (Wildman–Crippen LogP) is 4.39. The van der Waals surface area contributed by atoms with Crippen LogP contribution in [0, 0.1) is 5.92 Å². The van der Waals surface area contributed by atoms with Crippen molar-refractivity contribution in [2.45, 2.75) is 19.3 Å². The fourth-order valence-electron chi connectivity index (χ4n) is 2.11. The normalized spacial score (nSPS) is 16.0. The van der Waals surface area contributed by atoms with Crippen molar-refractivity contribution in [2.24, 2.45) is 5.92 Å². The van der Waals surface area contributed by atoms with Crippen LogP contribution >= 0.6 is 0 Å². The minimum atomic E-state index is 0.545. The summed E-state index contributed by atoms with van der Waals surface area (Å²) in [4.78, 5) is 0. The van der Waals surface area contributed by atoms with Gasteiger partial charge in [-0.05, 0) is 36.3 Å². The summed E-state index contributed by atoms with van der Waals surface area (Å²) in [5.74, 6) is 0.545. The highest BCUT2D eigenvalue weighted by atomic mass is 14.1. The average Bonchev–Trinajstić information content (AvgIpc) is 2.58. The highest BCUT2D eigenvalue weighted by Crippen LogP contribution is 2.19. The molecule has 0 atom stereocenters.